The van der Waals surface area contributed by atoms with Gasteiger partial charge in [-0.15, -0.1) is 0 Å². The fourth-order valence-corrected chi connectivity index (χ4v) is 2.85. The molecule has 2 nitrogen and oxygen atoms in total. The Kier molecular flexibility index (Phi) is 2.94. The van der Waals surface area contributed by atoms with Crippen LogP contribution in [0.25, 0.3) is 0 Å². The lowest BCUT2D eigenvalue weighted by molar-refractivity contribution is -0.0766. The average molecular weight is 217 g/mol. The minimum atomic E-state index is 0.288. The van der Waals surface area contributed by atoms with Gasteiger partial charge in [0.2, 0.25) is 0 Å². The highest BCUT2D eigenvalue weighted by molar-refractivity contribution is 5.18. The highest BCUT2D eigenvalue weighted by Crippen LogP contribution is 2.29. The molecule has 0 amide bonds. The number of benzene rings is 1. The Bertz CT molecular complexity index is 338. The van der Waals surface area contributed by atoms with Crippen molar-refractivity contribution in [3.8, 4) is 0 Å². The van der Waals surface area contributed by atoms with E-state index >= 15 is 0 Å². The molecule has 86 valence electrons. The van der Waals surface area contributed by atoms with E-state index in [2.05, 4.69) is 35.2 Å². The largest absolute Gasteiger partial charge is 0.371 e. The van der Waals surface area contributed by atoms with Gasteiger partial charge in [0.25, 0.3) is 0 Å². The van der Waals surface area contributed by atoms with Gasteiger partial charge in [-0.1, -0.05) is 36.8 Å². The van der Waals surface area contributed by atoms with E-state index in [-0.39, 0.29) is 6.10 Å². The third kappa shape index (κ3) is 2.00. The molecule has 0 aliphatic carbocycles. The molecule has 2 aliphatic rings. The van der Waals surface area contributed by atoms with E-state index in [9.17, 15) is 0 Å². The lowest BCUT2D eigenvalue weighted by Crippen LogP contribution is -2.48. The Hall–Kier alpha value is -0.860. The summed E-state index contributed by atoms with van der Waals surface area (Å²) in [5.74, 6) is 0. The first-order chi connectivity index (χ1) is 7.93. The maximum atomic E-state index is 5.99. The van der Waals surface area contributed by atoms with Gasteiger partial charge in [-0.2, -0.15) is 0 Å². The SMILES string of the molecule is c1ccc([C@H]2CN3CCCC[C@@H]3CO2)cc1. The standard InChI is InChI=1S/C14H19NO/c1-2-6-12(7-3-1)14-10-15-9-5-4-8-13(15)11-16-14/h1-3,6-7,13-14H,4-5,8-11H2/t13-,14-/m1/s1. The molecule has 1 aromatic carbocycles. The number of piperidine rings is 1. The summed E-state index contributed by atoms with van der Waals surface area (Å²) >= 11 is 0. The van der Waals surface area contributed by atoms with Crippen LogP contribution >= 0.6 is 0 Å². The van der Waals surface area contributed by atoms with Crippen LogP contribution in [0.4, 0.5) is 0 Å². The summed E-state index contributed by atoms with van der Waals surface area (Å²) in [6.07, 6.45) is 4.34. The molecule has 0 spiro atoms. The predicted octanol–water partition coefficient (Wildman–Crippen LogP) is 2.61. The summed E-state index contributed by atoms with van der Waals surface area (Å²) in [6.45, 7) is 3.26. The van der Waals surface area contributed by atoms with Crippen LogP contribution < -0.4 is 0 Å². The molecule has 0 aromatic heterocycles. The zero-order valence-electron chi connectivity index (χ0n) is 9.64. The zero-order valence-corrected chi connectivity index (χ0v) is 9.64. The van der Waals surface area contributed by atoms with Crippen LogP contribution in [0.2, 0.25) is 0 Å². The fraction of sp³-hybridized carbons (Fsp3) is 0.571. The molecule has 2 atom stereocenters. The Morgan fingerprint density at radius 3 is 2.88 bits per heavy atom. The second kappa shape index (κ2) is 4.56. The van der Waals surface area contributed by atoms with E-state index in [0.29, 0.717) is 6.04 Å². The quantitative estimate of drug-likeness (QED) is 0.717. The number of hydrogen-bond donors (Lipinski definition) is 0. The van der Waals surface area contributed by atoms with Gasteiger partial charge >= 0.3 is 0 Å². The number of rotatable bonds is 1. The van der Waals surface area contributed by atoms with E-state index < -0.39 is 0 Å². The first-order valence-electron chi connectivity index (χ1n) is 6.34. The third-order valence-corrected chi connectivity index (χ3v) is 3.81. The van der Waals surface area contributed by atoms with Crippen molar-refractivity contribution < 1.29 is 4.74 Å². The second-order valence-electron chi connectivity index (χ2n) is 4.88. The van der Waals surface area contributed by atoms with Gasteiger partial charge < -0.3 is 4.74 Å². The highest BCUT2D eigenvalue weighted by atomic mass is 16.5. The minimum Gasteiger partial charge on any atom is -0.371 e. The summed E-state index contributed by atoms with van der Waals surface area (Å²) < 4.78 is 5.99. The van der Waals surface area contributed by atoms with Gasteiger partial charge in [0, 0.05) is 12.6 Å². The van der Waals surface area contributed by atoms with E-state index in [1.165, 1.54) is 31.4 Å². The fourth-order valence-electron chi connectivity index (χ4n) is 2.85. The zero-order chi connectivity index (χ0) is 10.8. The smallest absolute Gasteiger partial charge is 0.0952 e. The number of fused-ring (bicyclic) bond motifs is 1. The number of nitrogens with zero attached hydrogens (tertiary/aromatic N) is 1. The Balaban J connectivity index is 1.71. The van der Waals surface area contributed by atoms with E-state index in [0.717, 1.165) is 13.2 Å². The van der Waals surface area contributed by atoms with Crippen molar-refractivity contribution in [1.82, 2.24) is 4.90 Å². The Labute approximate surface area is 97.2 Å². The van der Waals surface area contributed by atoms with Crippen LogP contribution in [0.15, 0.2) is 30.3 Å². The molecule has 2 heterocycles. The molecule has 0 bridgehead atoms. The van der Waals surface area contributed by atoms with Gasteiger partial charge in [-0.05, 0) is 24.9 Å². The Morgan fingerprint density at radius 1 is 1.12 bits per heavy atom. The van der Waals surface area contributed by atoms with Gasteiger partial charge in [-0.3, -0.25) is 4.90 Å². The number of ether oxygens (including phenoxy) is 1. The molecule has 2 saturated heterocycles. The van der Waals surface area contributed by atoms with E-state index in [1.807, 2.05) is 0 Å². The molecule has 1 aromatic rings. The van der Waals surface area contributed by atoms with Gasteiger partial charge in [0.15, 0.2) is 0 Å². The van der Waals surface area contributed by atoms with Crippen LogP contribution in [0, 0.1) is 0 Å². The summed E-state index contributed by atoms with van der Waals surface area (Å²) in [6, 6.07) is 11.3. The van der Waals surface area contributed by atoms with Crippen molar-refractivity contribution in [3.05, 3.63) is 35.9 Å². The monoisotopic (exact) mass is 217 g/mol. The van der Waals surface area contributed by atoms with Crippen LogP contribution in [-0.2, 0) is 4.74 Å². The van der Waals surface area contributed by atoms with Crippen LogP contribution in [0.1, 0.15) is 30.9 Å². The van der Waals surface area contributed by atoms with E-state index in [4.69, 9.17) is 4.74 Å². The molecule has 0 saturated carbocycles. The first-order valence-corrected chi connectivity index (χ1v) is 6.34. The molecular weight excluding hydrogens is 198 g/mol. The number of morpholine rings is 1. The summed E-state index contributed by atoms with van der Waals surface area (Å²) in [7, 11) is 0. The van der Waals surface area contributed by atoms with Crippen molar-refractivity contribution in [2.24, 2.45) is 0 Å². The normalized spacial score (nSPS) is 31.0. The van der Waals surface area contributed by atoms with Crippen molar-refractivity contribution >= 4 is 0 Å². The summed E-state index contributed by atoms with van der Waals surface area (Å²) in [4.78, 5) is 2.62. The third-order valence-electron chi connectivity index (χ3n) is 3.81. The molecule has 0 unspecified atom stereocenters. The van der Waals surface area contributed by atoms with Crippen molar-refractivity contribution in [2.45, 2.75) is 31.4 Å². The molecule has 2 heteroatoms. The molecule has 0 N–H and O–H groups in total. The first kappa shape index (κ1) is 10.3. The van der Waals surface area contributed by atoms with Gasteiger partial charge in [0.05, 0.1) is 12.7 Å². The lowest BCUT2D eigenvalue weighted by Gasteiger charge is -2.42. The number of hydrogen-bond acceptors (Lipinski definition) is 2. The van der Waals surface area contributed by atoms with Gasteiger partial charge in [-0.25, -0.2) is 0 Å². The minimum absolute atomic E-state index is 0.288. The summed E-state index contributed by atoms with van der Waals surface area (Å²) in [5.41, 5.74) is 1.33. The molecule has 16 heavy (non-hydrogen) atoms. The maximum absolute atomic E-state index is 5.99. The molecular formula is C14H19NO. The average Bonchev–Trinajstić information content (AvgIpc) is 2.39. The molecule has 3 rings (SSSR count). The van der Waals surface area contributed by atoms with Crippen LogP contribution in [0.3, 0.4) is 0 Å². The topological polar surface area (TPSA) is 12.5 Å². The highest BCUT2D eigenvalue weighted by Gasteiger charge is 2.30. The van der Waals surface area contributed by atoms with Crippen molar-refractivity contribution in [1.29, 1.82) is 0 Å². The molecule has 2 aliphatic heterocycles. The molecule has 2 fully saturated rings. The van der Waals surface area contributed by atoms with Crippen LogP contribution in [0.5, 0.6) is 0 Å². The molecule has 0 radical (unpaired) electrons. The van der Waals surface area contributed by atoms with Crippen molar-refractivity contribution in [2.75, 3.05) is 19.7 Å². The van der Waals surface area contributed by atoms with Crippen molar-refractivity contribution in [3.63, 3.8) is 0 Å². The summed E-state index contributed by atoms with van der Waals surface area (Å²) in [5, 5.41) is 0. The van der Waals surface area contributed by atoms with E-state index in [1.54, 1.807) is 0 Å². The predicted molar refractivity (Wildman–Crippen MR) is 64.3 cm³/mol. The Morgan fingerprint density at radius 2 is 2.00 bits per heavy atom. The van der Waals surface area contributed by atoms with Gasteiger partial charge in [0.1, 0.15) is 0 Å². The lowest BCUT2D eigenvalue weighted by atomic mass is 9.98. The second-order valence-corrected chi connectivity index (χ2v) is 4.88. The van der Waals surface area contributed by atoms with Crippen LogP contribution in [-0.4, -0.2) is 30.6 Å². The maximum Gasteiger partial charge on any atom is 0.0952 e.